The smallest absolute Gasteiger partial charge is 0.481 e. The maximum absolute atomic E-state index is 11.6. The molecule has 0 amide bonds. The van der Waals surface area contributed by atoms with Crippen molar-refractivity contribution in [2.24, 2.45) is 0 Å². The molecule has 0 radical (unpaired) electrons. The predicted octanol–water partition coefficient (Wildman–Crippen LogP) is 2.63. The minimum atomic E-state index is -5.08. The summed E-state index contributed by atoms with van der Waals surface area (Å²) >= 11 is 0. The zero-order valence-corrected chi connectivity index (χ0v) is 11.8. The molecule has 0 saturated carbocycles. The second-order valence-corrected chi connectivity index (χ2v) is 4.71. The zero-order chi connectivity index (χ0) is 21.8. The molecule has 2 atom stereocenters. The fourth-order valence-electron chi connectivity index (χ4n) is 2.08. The number of hydrogen-bond acceptors (Lipinski definition) is 3. The first-order valence-corrected chi connectivity index (χ1v) is 6.63. The quantitative estimate of drug-likeness (QED) is 0.789. The summed E-state index contributed by atoms with van der Waals surface area (Å²) in [5, 5.41) is 19.7. The van der Waals surface area contributed by atoms with Gasteiger partial charge in [0.25, 0.3) is 0 Å². The lowest BCUT2D eigenvalue weighted by Crippen LogP contribution is -2.41. The van der Waals surface area contributed by atoms with E-state index in [1.807, 2.05) is 0 Å². The van der Waals surface area contributed by atoms with E-state index in [9.17, 15) is 23.1 Å². The highest BCUT2D eigenvalue weighted by Crippen LogP contribution is 2.25. The van der Waals surface area contributed by atoms with Gasteiger partial charge in [-0.3, -0.25) is 4.79 Å². The highest BCUT2D eigenvalue weighted by Gasteiger charge is 2.38. The van der Waals surface area contributed by atoms with E-state index in [2.05, 4.69) is 5.32 Å². The van der Waals surface area contributed by atoms with Gasteiger partial charge < -0.3 is 15.5 Å². The van der Waals surface area contributed by atoms with Gasteiger partial charge in [-0.1, -0.05) is 36.6 Å². The Kier molecular flexibility index (Phi) is 4.57. The van der Waals surface area contributed by atoms with Crippen LogP contribution in [0, 0.1) is 0 Å². The van der Waals surface area contributed by atoms with Crippen LogP contribution in [0.25, 0.3) is 0 Å². The van der Waals surface area contributed by atoms with Gasteiger partial charge >= 0.3 is 18.1 Å². The number of carbonyl (C=O) groups is 2. The van der Waals surface area contributed by atoms with Crippen LogP contribution in [-0.4, -0.2) is 40.9 Å². The Hall–Kier alpha value is -2.09. The molecule has 128 valence electrons. The lowest BCUT2D eigenvalue weighted by atomic mass is 9.86. The molecule has 1 fully saturated rings. The Morgan fingerprint density at radius 3 is 2.17 bits per heavy atom. The first-order valence-electron chi connectivity index (χ1n) is 9.13. The van der Waals surface area contributed by atoms with Gasteiger partial charge in [0.2, 0.25) is 0 Å². The van der Waals surface area contributed by atoms with Gasteiger partial charge in [-0.25, -0.2) is 4.79 Å². The number of carboxylic acid groups (broad SMARTS) is 2. The molecule has 1 aliphatic rings. The molecular weight excluding hydrogens is 315 g/mol. The number of benzene rings is 1. The summed E-state index contributed by atoms with van der Waals surface area (Å²) in [6.45, 7) is 0.674. The summed E-state index contributed by atoms with van der Waals surface area (Å²) in [5.74, 6) is -5.07. The van der Waals surface area contributed by atoms with Gasteiger partial charge in [-0.2, -0.15) is 13.2 Å². The first-order chi connectivity index (χ1) is 12.8. The van der Waals surface area contributed by atoms with Crippen molar-refractivity contribution in [3.8, 4) is 0 Å². The summed E-state index contributed by atoms with van der Waals surface area (Å²) in [4.78, 5) is 20.5. The minimum Gasteiger partial charge on any atom is -0.481 e. The monoisotopic (exact) mass is 338 g/mol. The van der Waals surface area contributed by atoms with Crippen LogP contribution in [0.4, 0.5) is 13.2 Å². The minimum absolute atomic E-state index is 0.132. The van der Waals surface area contributed by atoms with E-state index < -0.39 is 60.3 Å². The lowest BCUT2D eigenvalue weighted by molar-refractivity contribution is -0.192. The van der Waals surface area contributed by atoms with Gasteiger partial charge in [0.15, 0.2) is 0 Å². The van der Waals surface area contributed by atoms with Gasteiger partial charge in [0.05, 0.1) is 12.8 Å². The molecule has 1 aromatic rings. The fourth-order valence-corrected chi connectivity index (χ4v) is 2.08. The van der Waals surface area contributed by atoms with Crippen molar-refractivity contribution < 1.29 is 39.8 Å². The molecule has 8 heteroatoms. The normalized spacial score (nSPS) is 22.2. The van der Waals surface area contributed by atoms with Crippen LogP contribution in [0.2, 0.25) is 0 Å². The Morgan fingerprint density at radius 1 is 1.22 bits per heavy atom. The van der Waals surface area contributed by atoms with Crippen molar-refractivity contribution in [2.75, 3.05) is 6.54 Å². The van der Waals surface area contributed by atoms with Crippen LogP contribution in [0.15, 0.2) is 30.2 Å². The molecule has 1 heterocycles. The highest BCUT2D eigenvalue weighted by molar-refractivity contribution is 5.77. The van der Waals surface area contributed by atoms with Crippen molar-refractivity contribution in [1.29, 1.82) is 0 Å². The van der Waals surface area contributed by atoms with Crippen LogP contribution in [-0.2, 0) is 9.59 Å². The van der Waals surface area contributed by atoms with Crippen molar-refractivity contribution >= 4 is 11.9 Å². The van der Waals surface area contributed by atoms with E-state index >= 15 is 0 Å². The Labute approximate surface area is 138 Å². The number of piperidine rings is 1. The Balaban J connectivity index is 0.000000480. The number of rotatable bonds is 3. The van der Waals surface area contributed by atoms with Crippen LogP contribution in [0.1, 0.15) is 37.6 Å². The van der Waals surface area contributed by atoms with E-state index in [0.29, 0.717) is 13.0 Å². The van der Waals surface area contributed by atoms with Crippen molar-refractivity contribution in [2.45, 2.75) is 37.4 Å². The van der Waals surface area contributed by atoms with E-state index in [1.165, 1.54) is 0 Å². The number of alkyl halides is 3. The topological polar surface area (TPSA) is 86.6 Å². The van der Waals surface area contributed by atoms with Crippen LogP contribution in [0.3, 0.4) is 0 Å². The molecule has 5 nitrogen and oxygen atoms in total. The molecule has 23 heavy (non-hydrogen) atoms. The third kappa shape index (κ3) is 6.27. The molecule has 1 aliphatic heterocycles. The molecule has 0 bridgehead atoms. The largest absolute Gasteiger partial charge is 0.490 e. The highest BCUT2D eigenvalue weighted by atomic mass is 19.4. The average Bonchev–Trinajstić information content (AvgIpc) is 2.62. The van der Waals surface area contributed by atoms with Gasteiger partial charge in [-0.05, 0) is 24.9 Å². The third-order valence-electron chi connectivity index (χ3n) is 3.09. The maximum Gasteiger partial charge on any atom is 0.490 e. The van der Waals surface area contributed by atoms with Crippen molar-refractivity contribution in [3.05, 3.63) is 35.8 Å². The summed E-state index contributed by atoms with van der Waals surface area (Å²) in [7, 11) is 0. The number of hydrogen-bond donors (Lipinski definition) is 3. The van der Waals surface area contributed by atoms with Crippen LogP contribution in [0.5, 0.6) is 0 Å². The van der Waals surface area contributed by atoms with Crippen molar-refractivity contribution in [3.63, 3.8) is 0 Å². The molecular formula is C15H18F3NO4. The summed E-state index contributed by atoms with van der Waals surface area (Å²) in [5.41, 5.74) is -0.132. The van der Waals surface area contributed by atoms with E-state index in [4.69, 9.17) is 16.8 Å². The second kappa shape index (κ2) is 8.52. The van der Waals surface area contributed by atoms with Gasteiger partial charge in [-0.15, -0.1) is 0 Å². The zero-order valence-electron chi connectivity index (χ0n) is 16.8. The number of carboxylic acids is 2. The molecule has 0 aromatic heterocycles. The molecule has 1 saturated heterocycles. The predicted molar refractivity (Wildman–Crippen MR) is 76.2 cm³/mol. The van der Waals surface area contributed by atoms with Crippen molar-refractivity contribution in [1.82, 2.24) is 5.32 Å². The first kappa shape index (κ1) is 12.3. The van der Waals surface area contributed by atoms with Crippen LogP contribution < -0.4 is 5.32 Å². The maximum atomic E-state index is 11.6. The molecule has 0 aliphatic carbocycles. The van der Waals surface area contributed by atoms with E-state index in [1.54, 1.807) is 0 Å². The molecule has 2 rings (SSSR count). The number of nitrogens with one attached hydrogen (secondary N) is 1. The van der Waals surface area contributed by atoms with E-state index in [0.717, 1.165) is 12.8 Å². The molecule has 3 N–H and O–H groups in total. The molecule has 0 unspecified atom stereocenters. The number of halogens is 3. The lowest BCUT2D eigenvalue weighted by Gasteiger charge is -2.29. The summed E-state index contributed by atoms with van der Waals surface area (Å²) in [6.07, 6.45) is -2.66. The second-order valence-electron chi connectivity index (χ2n) is 4.71. The standard InChI is InChI=1S/C13H17NO2.C2HF3O2/c15-13(16)12(10-6-2-1-3-7-10)11-8-4-5-9-14-11;3-2(4,5)1(6)7/h1-3,6-7,11-12,14H,4-5,8-9H2,(H,15,16);(H,6,7)/t11-,12-;/m1./s1/i1D,2D,3D,6D,7D;. The fraction of sp³-hybridized carbons (Fsp3) is 0.467. The summed E-state index contributed by atoms with van der Waals surface area (Å²) < 4.78 is 70.5. The van der Waals surface area contributed by atoms with Gasteiger partial charge in [0, 0.05) is 6.04 Å². The SMILES string of the molecule is O=C(O)C(F)(F)F.[2H]c1c([2H])c([2H])c([C@@H](C(=O)O)[C@H]2CCCCN2)c([2H])c1[2H]. The Bertz CT molecular complexity index is 725. The Morgan fingerprint density at radius 2 is 1.78 bits per heavy atom. The molecule has 0 spiro atoms. The summed E-state index contributed by atoms with van der Waals surface area (Å²) in [6, 6.07) is -2.77. The molecule has 1 aromatic carbocycles. The average molecular weight is 338 g/mol. The van der Waals surface area contributed by atoms with Gasteiger partial charge in [0.1, 0.15) is 0 Å². The third-order valence-corrected chi connectivity index (χ3v) is 3.09. The van der Waals surface area contributed by atoms with Crippen LogP contribution >= 0.6 is 0 Å². The van der Waals surface area contributed by atoms with E-state index in [-0.39, 0.29) is 5.56 Å². The number of aliphatic carboxylic acids is 2.